The van der Waals surface area contributed by atoms with Crippen molar-refractivity contribution in [2.45, 2.75) is 5.92 Å². The van der Waals surface area contributed by atoms with Crippen molar-refractivity contribution in [3.05, 3.63) is 22.4 Å². The number of aliphatic hydroxyl groups is 1. The topological polar surface area (TPSA) is 20.2 Å². The first-order valence-electron chi connectivity index (χ1n) is 2.69. The van der Waals surface area contributed by atoms with Crippen LogP contribution in [-0.2, 0) is 5.92 Å². The molecule has 0 unspecified atom stereocenters. The molecular formula is C6H6F2OS. The maximum atomic E-state index is 12.5. The van der Waals surface area contributed by atoms with Gasteiger partial charge in [0.05, 0.1) is 4.88 Å². The third kappa shape index (κ3) is 1.33. The summed E-state index contributed by atoms with van der Waals surface area (Å²) in [6.45, 7) is -1.12. The molecule has 0 radical (unpaired) electrons. The van der Waals surface area contributed by atoms with E-state index in [9.17, 15) is 8.78 Å². The molecule has 0 aliphatic heterocycles. The van der Waals surface area contributed by atoms with E-state index in [1.807, 2.05) is 0 Å². The molecule has 0 bridgehead atoms. The zero-order valence-electron chi connectivity index (χ0n) is 5.05. The minimum absolute atomic E-state index is 0.0880. The molecule has 1 aromatic heterocycles. The maximum absolute atomic E-state index is 12.5. The van der Waals surface area contributed by atoms with Gasteiger partial charge in [0.25, 0.3) is 0 Å². The molecule has 0 aliphatic carbocycles. The minimum Gasteiger partial charge on any atom is -0.390 e. The van der Waals surface area contributed by atoms with Gasteiger partial charge in [-0.15, -0.1) is 11.3 Å². The van der Waals surface area contributed by atoms with E-state index >= 15 is 0 Å². The summed E-state index contributed by atoms with van der Waals surface area (Å²) in [4.78, 5) is -0.0880. The Morgan fingerprint density at radius 1 is 1.60 bits per heavy atom. The first kappa shape index (κ1) is 7.63. The zero-order valence-corrected chi connectivity index (χ0v) is 5.87. The highest BCUT2D eigenvalue weighted by atomic mass is 32.1. The van der Waals surface area contributed by atoms with Gasteiger partial charge in [-0.05, 0) is 11.4 Å². The van der Waals surface area contributed by atoms with Crippen LogP contribution in [0.3, 0.4) is 0 Å². The first-order chi connectivity index (χ1) is 4.67. The highest BCUT2D eigenvalue weighted by Crippen LogP contribution is 2.30. The minimum atomic E-state index is -3.06. The molecule has 0 fully saturated rings. The van der Waals surface area contributed by atoms with E-state index in [4.69, 9.17) is 5.11 Å². The van der Waals surface area contributed by atoms with Crippen LogP contribution in [0.2, 0.25) is 0 Å². The Morgan fingerprint density at radius 3 is 2.70 bits per heavy atom. The summed E-state index contributed by atoms with van der Waals surface area (Å²) in [5.74, 6) is -3.06. The Hall–Kier alpha value is -0.480. The molecule has 1 nitrogen and oxygen atoms in total. The Kier molecular flexibility index (Phi) is 2.01. The van der Waals surface area contributed by atoms with E-state index in [1.165, 1.54) is 12.1 Å². The summed E-state index contributed by atoms with van der Waals surface area (Å²) in [6, 6.07) is 2.84. The number of thiophene rings is 1. The molecule has 0 aliphatic rings. The molecule has 0 saturated carbocycles. The molecule has 0 saturated heterocycles. The van der Waals surface area contributed by atoms with E-state index in [-0.39, 0.29) is 4.88 Å². The molecule has 0 amide bonds. The lowest BCUT2D eigenvalue weighted by Crippen LogP contribution is -2.16. The summed E-state index contributed by atoms with van der Waals surface area (Å²) in [5, 5.41) is 9.78. The van der Waals surface area contributed by atoms with Crippen molar-refractivity contribution >= 4 is 11.3 Å². The number of rotatable bonds is 2. The molecule has 1 rings (SSSR count). The van der Waals surface area contributed by atoms with E-state index in [0.717, 1.165) is 11.3 Å². The fourth-order valence-electron chi connectivity index (χ4n) is 0.565. The Morgan fingerprint density at radius 2 is 2.30 bits per heavy atom. The van der Waals surface area contributed by atoms with Crippen LogP contribution in [0.4, 0.5) is 8.78 Å². The number of hydrogen-bond donors (Lipinski definition) is 1. The molecule has 0 spiro atoms. The van der Waals surface area contributed by atoms with Gasteiger partial charge in [-0.1, -0.05) is 6.07 Å². The number of halogens is 2. The lowest BCUT2D eigenvalue weighted by molar-refractivity contribution is -0.0524. The lowest BCUT2D eigenvalue weighted by Gasteiger charge is -2.09. The second-order valence-electron chi connectivity index (χ2n) is 1.84. The Balaban J connectivity index is 2.85. The molecular weight excluding hydrogens is 158 g/mol. The Bertz CT molecular complexity index is 196. The highest BCUT2D eigenvalue weighted by molar-refractivity contribution is 7.10. The fourth-order valence-corrected chi connectivity index (χ4v) is 1.26. The van der Waals surface area contributed by atoms with Gasteiger partial charge < -0.3 is 5.11 Å². The van der Waals surface area contributed by atoms with Crippen LogP contribution in [0, 0.1) is 0 Å². The average molecular weight is 164 g/mol. The van der Waals surface area contributed by atoms with Crippen molar-refractivity contribution in [1.29, 1.82) is 0 Å². The van der Waals surface area contributed by atoms with Gasteiger partial charge in [-0.25, -0.2) is 0 Å². The van der Waals surface area contributed by atoms with Gasteiger partial charge in [0.15, 0.2) is 0 Å². The molecule has 1 N–H and O–H groups in total. The van der Waals surface area contributed by atoms with E-state index in [1.54, 1.807) is 5.38 Å². The number of alkyl halides is 2. The lowest BCUT2D eigenvalue weighted by atomic mass is 10.3. The standard InChI is InChI=1S/C6H6F2OS/c7-6(8,4-9)5-2-1-3-10-5/h1-3,9H,4H2. The van der Waals surface area contributed by atoms with E-state index in [2.05, 4.69) is 0 Å². The highest BCUT2D eigenvalue weighted by Gasteiger charge is 2.31. The third-order valence-corrected chi connectivity index (χ3v) is 2.06. The number of aliphatic hydroxyl groups excluding tert-OH is 1. The molecule has 0 aromatic carbocycles. The van der Waals surface area contributed by atoms with Crippen LogP contribution in [-0.4, -0.2) is 11.7 Å². The van der Waals surface area contributed by atoms with Gasteiger partial charge in [-0.3, -0.25) is 0 Å². The Labute approximate surface area is 60.9 Å². The predicted octanol–water partition coefficient (Wildman–Crippen LogP) is 1.83. The van der Waals surface area contributed by atoms with Gasteiger partial charge in [0.2, 0.25) is 0 Å². The summed E-state index contributed by atoms with van der Waals surface area (Å²) in [6.07, 6.45) is 0. The summed E-state index contributed by atoms with van der Waals surface area (Å²) >= 11 is 0.944. The summed E-state index contributed by atoms with van der Waals surface area (Å²) in [7, 11) is 0. The fraction of sp³-hybridized carbons (Fsp3) is 0.333. The van der Waals surface area contributed by atoms with Gasteiger partial charge in [0, 0.05) is 0 Å². The van der Waals surface area contributed by atoms with Crippen LogP contribution in [0.25, 0.3) is 0 Å². The van der Waals surface area contributed by atoms with Gasteiger partial charge >= 0.3 is 5.92 Å². The van der Waals surface area contributed by atoms with Gasteiger partial charge in [0.1, 0.15) is 6.61 Å². The second-order valence-corrected chi connectivity index (χ2v) is 2.79. The van der Waals surface area contributed by atoms with E-state index in [0.29, 0.717) is 0 Å². The average Bonchev–Trinajstić information content (AvgIpc) is 2.38. The van der Waals surface area contributed by atoms with Crippen molar-refractivity contribution in [3.63, 3.8) is 0 Å². The van der Waals surface area contributed by atoms with Crippen LogP contribution in [0.5, 0.6) is 0 Å². The predicted molar refractivity (Wildman–Crippen MR) is 35.3 cm³/mol. The molecule has 56 valence electrons. The normalized spacial score (nSPS) is 11.9. The van der Waals surface area contributed by atoms with Crippen LogP contribution in [0.15, 0.2) is 17.5 Å². The third-order valence-electron chi connectivity index (χ3n) is 1.08. The van der Waals surface area contributed by atoms with Crippen molar-refractivity contribution in [2.75, 3.05) is 6.61 Å². The zero-order chi connectivity index (χ0) is 7.61. The van der Waals surface area contributed by atoms with E-state index < -0.39 is 12.5 Å². The molecule has 1 aromatic rings. The SMILES string of the molecule is OCC(F)(F)c1cccs1. The monoisotopic (exact) mass is 164 g/mol. The summed E-state index contributed by atoms with van der Waals surface area (Å²) < 4.78 is 25.0. The quantitative estimate of drug-likeness (QED) is 0.707. The second kappa shape index (κ2) is 2.64. The van der Waals surface area contributed by atoms with Crippen LogP contribution in [0.1, 0.15) is 4.88 Å². The van der Waals surface area contributed by atoms with Crippen molar-refractivity contribution < 1.29 is 13.9 Å². The molecule has 1 heterocycles. The smallest absolute Gasteiger partial charge is 0.304 e. The number of hydrogen-bond acceptors (Lipinski definition) is 2. The summed E-state index contributed by atoms with van der Waals surface area (Å²) in [5.41, 5.74) is 0. The van der Waals surface area contributed by atoms with Crippen LogP contribution < -0.4 is 0 Å². The first-order valence-corrected chi connectivity index (χ1v) is 3.57. The van der Waals surface area contributed by atoms with Crippen LogP contribution >= 0.6 is 11.3 Å². The molecule has 0 atom stereocenters. The van der Waals surface area contributed by atoms with Crippen molar-refractivity contribution in [2.24, 2.45) is 0 Å². The molecule has 10 heavy (non-hydrogen) atoms. The van der Waals surface area contributed by atoms with Gasteiger partial charge in [-0.2, -0.15) is 8.78 Å². The molecule has 4 heteroatoms. The van der Waals surface area contributed by atoms with Crippen molar-refractivity contribution in [3.8, 4) is 0 Å². The largest absolute Gasteiger partial charge is 0.390 e. The maximum Gasteiger partial charge on any atom is 0.304 e. The van der Waals surface area contributed by atoms with Crippen molar-refractivity contribution in [1.82, 2.24) is 0 Å².